The van der Waals surface area contributed by atoms with Crippen LogP contribution in [0.25, 0.3) is 0 Å². The number of piperidine rings is 1. The summed E-state index contributed by atoms with van der Waals surface area (Å²) in [6.07, 6.45) is 2.01. The quantitative estimate of drug-likeness (QED) is 0.695. The topological polar surface area (TPSA) is 38.3 Å². The molecule has 1 N–H and O–H groups in total. The van der Waals surface area contributed by atoms with Crippen molar-refractivity contribution in [2.24, 2.45) is 5.41 Å². The maximum Gasteiger partial charge on any atom is 0.313 e. The van der Waals surface area contributed by atoms with Gasteiger partial charge in [0.15, 0.2) is 0 Å². The van der Waals surface area contributed by atoms with Gasteiger partial charge in [-0.3, -0.25) is 4.79 Å². The van der Waals surface area contributed by atoms with Crippen LogP contribution < -0.4 is 5.32 Å². The molecule has 0 aromatic heterocycles. The lowest BCUT2D eigenvalue weighted by molar-refractivity contribution is -0.155. The van der Waals surface area contributed by atoms with Gasteiger partial charge in [0, 0.05) is 6.54 Å². The van der Waals surface area contributed by atoms with Crippen LogP contribution in [0, 0.1) is 5.41 Å². The monoisotopic (exact) mass is 207 g/mol. The number of carbonyl (C=O) groups excluding carboxylic acids is 1. The van der Waals surface area contributed by atoms with Crippen molar-refractivity contribution in [2.75, 3.05) is 19.7 Å². The summed E-state index contributed by atoms with van der Waals surface area (Å²) in [5.41, 5.74) is -0.283. The smallest absolute Gasteiger partial charge is 0.313 e. The molecule has 0 aliphatic carbocycles. The van der Waals surface area contributed by atoms with Crippen molar-refractivity contribution in [1.29, 1.82) is 0 Å². The highest BCUT2D eigenvalue weighted by Crippen LogP contribution is 2.26. The molecule has 4 heteroatoms. The van der Waals surface area contributed by atoms with E-state index in [-0.39, 0.29) is 23.8 Å². The molecule has 1 rings (SSSR count). The fraction of sp³-hybridized carbons (Fsp3) is 0.889. The summed E-state index contributed by atoms with van der Waals surface area (Å²) < 4.78 is 5.01. The lowest BCUT2D eigenvalue weighted by atomic mass is 9.83. The minimum Gasteiger partial charge on any atom is -0.466 e. The minimum atomic E-state index is -0.283. The van der Waals surface area contributed by atoms with Crippen molar-refractivity contribution in [3.63, 3.8) is 0 Å². The Labute approximate surface area is 85.6 Å². The molecular weight excluding hydrogens is 190 g/mol. The number of halogens is 1. The molecule has 1 fully saturated rings. The van der Waals surface area contributed by atoms with E-state index in [4.69, 9.17) is 4.74 Å². The Bertz CT molecular complexity index is 167. The molecular formula is C9H18ClNO2. The fourth-order valence-corrected chi connectivity index (χ4v) is 1.54. The third kappa shape index (κ3) is 3.16. The molecule has 13 heavy (non-hydrogen) atoms. The van der Waals surface area contributed by atoms with Gasteiger partial charge in [0.2, 0.25) is 0 Å². The van der Waals surface area contributed by atoms with Crippen LogP contribution in [0.4, 0.5) is 0 Å². The highest BCUT2D eigenvalue weighted by Gasteiger charge is 2.35. The second-order valence-electron chi connectivity index (χ2n) is 3.56. The van der Waals surface area contributed by atoms with Crippen LogP contribution in [0.2, 0.25) is 0 Å². The maximum atomic E-state index is 11.5. The van der Waals surface area contributed by atoms with E-state index < -0.39 is 0 Å². The predicted molar refractivity (Wildman–Crippen MR) is 54.1 cm³/mol. The van der Waals surface area contributed by atoms with Crippen LogP contribution in [-0.2, 0) is 9.53 Å². The van der Waals surface area contributed by atoms with Gasteiger partial charge in [0.05, 0.1) is 12.0 Å². The third-order valence-corrected chi connectivity index (χ3v) is 2.37. The summed E-state index contributed by atoms with van der Waals surface area (Å²) in [6, 6.07) is 0. The van der Waals surface area contributed by atoms with Gasteiger partial charge < -0.3 is 10.1 Å². The molecule has 0 aromatic carbocycles. The van der Waals surface area contributed by atoms with Crippen LogP contribution in [0.3, 0.4) is 0 Å². The molecule has 0 bridgehead atoms. The van der Waals surface area contributed by atoms with Crippen LogP contribution >= 0.6 is 12.4 Å². The van der Waals surface area contributed by atoms with Crippen LogP contribution in [0.15, 0.2) is 0 Å². The van der Waals surface area contributed by atoms with Crippen LogP contribution in [-0.4, -0.2) is 25.7 Å². The van der Waals surface area contributed by atoms with E-state index in [1.807, 2.05) is 13.8 Å². The molecule has 0 saturated carbocycles. The standard InChI is InChI=1S/C9H17NO2.ClH/c1-3-12-8(11)9(2)5-4-6-10-7-9;/h10H,3-7H2,1-2H3;1H/t9-;/m1./s1. The average molecular weight is 208 g/mol. The van der Waals surface area contributed by atoms with Gasteiger partial charge in [0.25, 0.3) is 0 Å². The Morgan fingerprint density at radius 3 is 2.77 bits per heavy atom. The van der Waals surface area contributed by atoms with E-state index in [0.29, 0.717) is 6.61 Å². The number of esters is 1. The number of hydrogen-bond donors (Lipinski definition) is 1. The van der Waals surface area contributed by atoms with Gasteiger partial charge >= 0.3 is 5.97 Å². The SMILES string of the molecule is CCOC(=O)[C@]1(C)CCCNC1.Cl. The Balaban J connectivity index is 0.00000144. The molecule has 0 radical (unpaired) electrons. The Hall–Kier alpha value is -0.280. The van der Waals surface area contributed by atoms with E-state index >= 15 is 0 Å². The van der Waals surface area contributed by atoms with Crippen LogP contribution in [0.5, 0.6) is 0 Å². The van der Waals surface area contributed by atoms with Crippen LogP contribution in [0.1, 0.15) is 26.7 Å². The normalized spacial score (nSPS) is 27.5. The maximum absolute atomic E-state index is 11.5. The highest BCUT2D eigenvalue weighted by atomic mass is 35.5. The second kappa shape index (κ2) is 5.45. The van der Waals surface area contributed by atoms with Crippen molar-refractivity contribution >= 4 is 18.4 Å². The molecule has 78 valence electrons. The molecule has 1 aliphatic heterocycles. The van der Waals surface area contributed by atoms with Crippen molar-refractivity contribution < 1.29 is 9.53 Å². The molecule has 1 heterocycles. The zero-order valence-corrected chi connectivity index (χ0v) is 9.08. The van der Waals surface area contributed by atoms with Gasteiger partial charge in [-0.1, -0.05) is 0 Å². The van der Waals surface area contributed by atoms with E-state index in [9.17, 15) is 4.79 Å². The first-order valence-electron chi connectivity index (χ1n) is 4.57. The average Bonchev–Trinajstić information content (AvgIpc) is 2.06. The third-order valence-electron chi connectivity index (χ3n) is 2.37. The Morgan fingerprint density at radius 1 is 1.62 bits per heavy atom. The molecule has 3 nitrogen and oxygen atoms in total. The Morgan fingerprint density at radius 2 is 2.31 bits per heavy atom. The van der Waals surface area contributed by atoms with Crippen molar-refractivity contribution in [3.05, 3.63) is 0 Å². The summed E-state index contributed by atoms with van der Waals surface area (Å²) in [5, 5.41) is 3.21. The summed E-state index contributed by atoms with van der Waals surface area (Å²) in [6.45, 7) is 6.07. The number of nitrogens with one attached hydrogen (secondary N) is 1. The number of hydrogen-bond acceptors (Lipinski definition) is 3. The molecule has 1 aliphatic rings. The van der Waals surface area contributed by atoms with Gasteiger partial charge in [0.1, 0.15) is 0 Å². The number of rotatable bonds is 2. The summed E-state index contributed by atoms with van der Waals surface area (Å²) in [7, 11) is 0. The largest absolute Gasteiger partial charge is 0.466 e. The van der Waals surface area contributed by atoms with Crippen molar-refractivity contribution in [2.45, 2.75) is 26.7 Å². The van der Waals surface area contributed by atoms with Gasteiger partial charge in [-0.25, -0.2) is 0 Å². The summed E-state index contributed by atoms with van der Waals surface area (Å²) in [5.74, 6) is -0.0581. The van der Waals surface area contributed by atoms with E-state index in [0.717, 1.165) is 25.9 Å². The number of carbonyl (C=O) groups is 1. The molecule has 0 spiro atoms. The molecule has 0 amide bonds. The summed E-state index contributed by atoms with van der Waals surface area (Å²) >= 11 is 0. The van der Waals surface area contributed by atoms with E-state index in [2.05, 4.69) is 5.32 Å². The van der Waals surface area contributed by atoms with E-state index in [1.54, 1.807) is 0 Å². The lowest BCUT2D eigenvalue weighted by Gasteiger charge is -2.31. The predicted octanol–water partition coefficient (Wildman–Crippen LogP) is 1.36. The minimum absolute atomic E-state index is 0. The summed E-state index contributed by atoms with van der Waals surface area (Å²) in [4.78, 5) is 11.5. The first-order valence-corrected chi connectivity index (χ1v) is 4.57. The number of ether oxygens (including phenoxy) is 1. The fourth-order valence-electron chi connectivity index (χ4n) is 1.54. The molecule has 1 saturated heterocycles. The first kappa shape index (κ1) is 12.7. The molecule has 0 unspecified atom stereocenters. The second-order valence-corrected chi connectivity index (χ2v) is 3.56. The lowest BCUT2D eigenvalue weighted by Crippen LogP contribution is -2.44. The van der Waals surface area contributed by atoms with Gasteiger partial charge in [-0.15, -0.1) is 12.4 Å². The van der Waals surface area contributed by atoms with Gasteiger partial charge in [-0.2, -0.15) is 0 Å². The van der Waals surface area contributed by atoms with Gasteiger partial charge in [-0.05, 0) is 33.2 Å². The van der Waals surface area contributed by atoms with E-state index in [1.165, 1.54) is 0 Å². The van der Waals surface area contributed by atoms with Crippen molar-refractivity contribution in [1.82, 2.24) is 5.32 Å². The zero-order valence-electron chi connectivity index (χ0n) is 8.26. The zero-order chi connectivity index (χ0) is 9.03. The molecule has 0 aromatic rings. The Kier molecular flexibility index (Phi) is 5.33. The van der Waals surface area contributed by atoms with Crippen molar-refractivity contribution in [3.8, 4) is 0 Å². The highest BCUT2D eigenvalue weighted by molar-refractivity contribution is 5.85. The first-order chi connectivity index (χ1) is 5.69. The molecule has 1 atom stereocenters.